The summed E-state index contributed by atoms with van der Waals surface area (Å²) in [5.74, 6) is -0.215. The molecule has 8 nitrogen and oxygen atoms in total. The third kappa shape index (κ3) is 4.46. The zero-order valence-electron chi connectivity index (χ0n) is 22.1. The van der Waals surface area contributed by atoms with Gasteiger partial charge in [-0.25, -0.2) is 5.10 Å². The molecule has 0 aliphatic carbocycles. The molecule has 4 aromatic rings. The number of hydrogen-bond acceptors (Lipinski definition) is 5. The smallest absolute Gasteiger partial charge is 0.272 e. The number of H-pyrrole nitrogens is 1. The molecule has 2 N–H and O–H groups in total. The predicted octanol–water partition coefficient (Wildman–Crippen LogP) is 4.16. The average Bonchev–Trinajstić information content (AvgIpc) is 2.98. The highest BCUT2D eigenvalue weighted by molar-refractivity contribution is 5.98. The third-order valence-electron chi connectivity index (χ3n) is 7.81. The fourth-order valence-electron chi connectivity index (χ4n) is 5.83. The van der Waals surface area contributed by atoms with Crippen LogP contribution in [0.25, 0.3) is 10.8 Å². The lowest BCUT2D eigenvalue weighted by Gasteiger charge is -2.36. The van der Waals surface area contributed by atoms with E-state index in [2.05, 4.69) is 27.6 Å². The second kappa shape index (κ2) is 10.0. The maximum atomic E-state index is 13.6. The second-order valence-corrected chi connectivity index (χ2v) is 10.6. The molecule has 198 valence electrons. The van der Waals surface area contributed by atoms with Crippen molar-refractivity contribution in [2.45, 2.75) is 25.8 Å². The van der Waals surface area contributed by atoms with Gasteiger partial charge < -0.3 is 15.1 Å². The zero-order chi connectivity index (χ0) is 27.1. The SMILES string of the molecule is CC(C)C(=O)N1CCN(C(=O)c2cccc(C3c4n[nH]c(=O)c5cccc(c45)NC3c3ccccc3)c2)CC1. The number of carbonyl (C=O) groups excluding carboxylic acids is 2. The van der Waals surface area contributed by atoms with Gasteiger partial charge in [-0.1, -0.05) is 62.4 Å². The number of piperazine rings is 1. The second-order valence-electron chi connectivity index (χ2n) is 10.6. The van der Waals surface area contributed by atoms with Crippen molar-refractivity contribution in [1.29, 1.82) is 0 Å². The molecule has 0 spiro atoms. The van der Waals surface area contributed by atoms with Gasteiger partial charge in [0.15, 0.2) is 0 Å². The van der Waals surface area contributed by atoms with Crippen LogP contribution in [0.5, 0.6) is 0 Å². The molecule has 1 fully saturated rings. The van der Waals surface area contributed by atoms with Crippen molar-refractivity contribution in [2.75, 3.05) is 31.5 Å². The fraction of sp³-hybridized carbons (Fsp3) is 0.290. The lowest BCUT2D eigenvalue weighted by Crippen LogP contribution is -2.51. The molecule has 3 heterocycles. The number of rotatable bonds is 4. The van der Waals surface area contributed by atoms with Crippen LogP contribution in [-0.2, 0) is 4.79 Å². The molecule has 39 heavy (non-hydrogen) atoms. The van der Waals surface area contributed by atoms with E-state index in [1.54, 1.807) is 0 Å². The van der Waals surface area contributed by atoms with Crippen LogP contribution in [0.4, 0.5) is 5.69 Å². The lowest BCUT2D eigenvalue weighted by molar-refractivity contribution is -0.135. The standard InChI is InChI=1S/C31H31N5O3/c1-19(2)30(38)35-14-16-36(17-15-35)31(39)22-11-6-10-21(18-22)25-27(20-8-4-3-5-9-20)32-24-13-7-12-23-26(24)28(25)33-34-29(23)37/h3-13,18-19,25,27,32H,14-17H2,1-2H3,(H,34,37). The summed E-state index contributed by atoms with van der Waals surface area (Å²) in [6, 6.07) is 23.4. The number of carbonyl (C=O) groups is 2. The molecule has 3 aromatic carbocycles. The lowest BCUT2D eigenvalue weighted by atomic mass is 9.79. The fourth-order valence-corrected chi connectivity index (χ4v) is 5.83. The molecule has 0 bridgehead atoms. The quantitative estimate of drug-likeness (QED) is 0.420. The monoisotopic (exact) mass is 521 g/mol. The van der Waals surface area contributed by atoms with Crippen LogP contribution in [0.1, 0.15) is 53.0 Å². The largest absolute Gasteiger partial charge is 0.377 e. The van der Waals surface area contributed by atoms with Gasteiger partial charge in [0.25, 0.3) is 11.5 Å². The zero-order valence-corrected chi connectivity index (χ0v) is 22.1. The molecule has 6 rings (SSSR count). The van der Waals surface area contributed by atoms with Crippen LogP contribution in [0.15, 0.2) is 77.6 Å². The number of amides is 2. The summed E-state index contributed by atoms with van der Waals surface area (Å²) in [6.45, 7) is 5.90. The van der Waals surface area contributed by atoms with E-state index in [9.17, 15) is 14.4 Å². The molecule has 2 unspecified atom stereocenters. The van der Waals surface area contributed by atoms with Crippen molar-refractivity contribution in [2.24, 2.45) is 5.92 Å². The Morgan fingerprint density at radius 2 is 1.56 bits per heavy atom. The van der Waals surface area contributed by atoms with Crippen LogP contribution in [0.3, 0.4) is 0 Å². The number of nitrogens with one attached hydrogen (secondary N) is 2. The topological polar surface area (TPSA) is 98.4 Å². The van der Waals surface area contributed by atoms with E-state index in [0.29, 0.717) is 37.1 Å². The van der Waals surface area contributed by atoms with E-state index >= 15 is 0 Å². The van der Waals surface area contributed by atoms with Gasteiger partial charge in [-0.05, 0) is 35.4 Å². The maximum Gasteiger partial charge on any atom is 0.272 e. The summed E-state index contributed by atoms with van der Waals surface area (Å²) in [5, 5.41) is 12.3. The first-order valence-electron chi connectivity index (χ1n) is 13.4. The molecular formula is C31H31N5O3. The van der Waals surface area contributed by atoms with Gasteiger partial charge in [0.05, 0.1) is 23.0 Å². The Morgan fingerprint density at radius 3 is 2.31 bits per heavy atom. The van der Waals surface area contributed by atoms with Crippen LogP contribution < -0.4 is 10.9 Å². The number of benzene rings is 3. The van der Waals surface area contributed by atoms with Gasteiger partial charge >= 0.3 is 0 Å². The van der Waals surface area contributed by atoms with Crippen molar-refractivity contribution in [1.82, 2.24) is 20.0 Å². The average molecular weight is 522 g/mol. The Morgan fingerprint density at radius 1 is 0.872 bits per heavy atom. The van der Waals surface area contributed by atoms with Crippen LogP contribution >= 0.6 is 0 Å². The number of hydrogen-bond donors (Lipinski definition) is 2. The van der Waals surface area contributed by atoms with Crippen molar-refractivity contribution >= 4 is 28.3 Å². The molecule has 1 aromatic heterocycles. The summed E-state index contributed by atoms with van der Waals surface area (Å²) < 4.78 is 0. The van der Waals surface area contributed by atoms with E-state index < -0.39 is 0 Å². The first-order valence-corrected chi connectivity index (χ1v) is 13.4. The van der Waals surface area contributed by atoms with Gasteiger partial charge in [0.1, 0.15) is 0 Å². The summed E-state index contributed by atoms with van der Waals surface area (Å²) in [6.07, 6.45) is 0. The summed E-state index contributed by atoms with van der Waals surface area (Å²) >= 11 is 0. The molecule has 0 saturated carbocycles. The minimum atomic E-state index is -0.241. The van der Waals surface area contributed by atoms with E-state index in [1.807, 2.05) is 84.3 Å². The summed E-state index contributed by atoms with van der Waals surface area (Å²) in [7, 11) is 0. The first kappa shape index (κ1) is 24.9. The highest BCUT2D eigenvalue weighted by atomic mass is 16.2. The van der Waals surface area contributed by atoms with Gasteiger partial charge in [0, 0.05) is 48.7 Å². The molecule has 1 saturated heterocycles. The van der Waals surface area contributed by atoms with Gasteiger partial charge in [-0.2, -0.15) is 5.10 Å². The minimum Gasteiger partial charge on any atom is -0.377 e. The van der Waals surface area contributed by atoms with Crippen molar-refractivity contribution in [3.05, 3.63) is 106 Å². The van der Waals surface area contributed by atoms with Gasteiger partial charge in [0.2, 0.25) is 5.91 Å². The number of aromatic amines is 1. The van der Waals surface area contributed by atoms with Crippen molar-refractivity contribution < 1.29 is 9.59 Å². The molecule has 8 heteroatoms. The highest BCUT2D eigenvalue weighted by Crippen LogP contribution is 2.46. The Balaban J connectivity index is 1.37. The van der Waals surface area contributed by atoms with Crippen molar-refractivity contribution in [3.8, 4) is 0 Å². The molecule has 2 amide bonds. The van der Waals surface area contributed by atoms with Crippen LogP contribution in [0, 0.1) is 5.92 Å². The molecule has 2 aliphatic heterocycles. The number of anilines is 1. The minimum absolute atomic E-state index is 0.0477. The Hall–Kier alpha value is -4.46. The van der Waals surface area contributed by atoms with Gasteiger partial charge in [-0.3, -0.25) is 14.4 Å². The van der Waals surface area contributed by atoms with Gasteiger partial charge in [-0.15, -0.1) is 0 Å². The van der Waals surface area contributed by atoms with Crippen LogP contribution in [-0.4, -0.2) is 58.0 Å². The van der Waals surface area contributed by atoms with E-state index in [1.165, 1.54) is 0 Å². The van der Waals surface area contributed by atoms with Crippen LogP contribution in [0.2, 0.25) is 0 Å². The van der Waals surface area contributed by atoms with E-state index in [0.717, 1.165) is 27.9 Å². The van der Waals surface area contributed by atoms with E-state index in [-0.39, 0.29) is 35.3 Å². The molecule has 2 aliphatic rings. The highest BCUT2D eigenvalue weighted by Gasteiger charge is 2.35. The Kier molecular flexibility index (Phi) is 6.38. The molecular weight excluding hydrogens is 490 g/mol. The molecule has 2 atom stereocenters. The molecule has 0 radical (unpaired) electrons. The first-order chi connectivity index (χ1) is 18.9. The third-order valence-corrected chi connectivity index (χ3v) is 7.81. The maximum absolute atomic E-state index is 13.6. The Labute approximate surface area is 226 Å². The summed E-state index contributed by atoms with van der Waals surface area (Å²) in [4.78, 5) is 42.2. The number of aromatic nitrogens is 2. The Bertz CT molecular complexity index is 1610. The van der Waals surface area contributed by atoms with Crippen molar-refractivity contribution in [3.63, 3.8) is 0 Å². The normalized spacial score (nSPS) is 18.7. The van der Waals surface area contributed by atoms with E-state index in [4.69, 9.17) is 0 Å². The number of nitrogens with zero attached hydrogens (tertiary/aromatic N) is 3. The summed E-state index contributed by atoms with van der Waals surface area (Å²) in [5.41, 5.74) is 4.04. The predicted molar refractivity (Wildman–Crippen MR) is 151 cm³/mol.